The molecule has 0 saturated heterocycles. The van der Waals surface area contributed by atoms with Crippen molar-refractivity contribution in [2.24, 2.45) is 0 Å². The fraction of sp³-hybridized carbons (Fsp3) is 0.903. The summed E-state index contributed by atoms with van der Waals surface area (Å²) in [6.45, 7) is 5.18. The minimum Gasteiger partial charge on any atom is -0.466 e. The Morgan fingerprint density at radius 2 is 0.848 bits per heavy atom. The average Bonchev–Trinajstić information content (AvgIpc) is 2.82. The second kappa shape index (κ2) is 29.2. The molecule has 0 aliphatic carbocycles. The Balaban J connectivity index is 3.19. The molecule has 0 unspecified atom stereocenters. The molecule has 0 aliphatic heterocycles. The summed E-state index contributed by atoms with van der Waals surface area (Å²) in [5.74, 6) is 0.0136. The summed E-state index contributed by atoms with van der Waals surface area (Å²) in [6, 6.07) is 0. The first kappa shape index (κ1) is 32.2. The Labute approximate surface area is 208 Å². The van der Waals surface area contributed by atoms with Gasteiger partial charge in [-0.25, -0.2) is 0 Å². The normalized spacial score (nSPS) is 11.5. The smallest absolute Gasteiger partial charge is 0.305 e. The minimum absolute atomic E-state index is 0.0136. The summed E-state index contributed by atoms with van der Waals surface area (Å²) in [5, 5.41) is 0. The monoisotopic (exact) mass is 464 g/mol. The molecule has 0 spiro atoms. The van der Waals surface area contributed by atoms with Crippen LogP contribution in [0, 0.1) is 0 Å². The number of rotatable bonds is 27. The van der Waals surface area contributed by atoms with Crippen LogP contribution in [0.5, 0.6) is 0 Å². The summed E-state index contributed by atoms with van der Waals surface area (Å²) >= 11 is 0. The Bertz CT molecular complexity index is 402. The summed E-state index contributed by atoms with van der Waals surface area (Å²) in [5.41, 5.74) is 0. The van der Waals surface area contributed by atoms with Crippen molar-refractivity contribution >= 4 is 5.97 Å². The van der Waals surface area contributed by atoms with Gasteiger partial charge in [0, 0.05) is 6.42 Å². The van der Waals surface area contributed by atoms with Gasteiger partial charge in [-0.15, -0.1) is 0 Å². The van der Waals surface area contributed by atoms with Gasteiger partial charge >= 0.3 is 5.97 Å². The minimum atomic E-state index is 0.0136. The second-order valence-corrected chi connectivity index (χ2v) is 10.1. The predicted molar refractivity (Wildman–Crippen MR) is 147 cm³/mol. The van der Waals surface area contributed by atoms with Gasteiger partial charge in [-0.05, 0) is 38.5 Å². The topological polar surface area (TPSA) is 26.3 Å². The van der Waals surface area contributed by atoms with Crippen LogP contribution >= 0.6 is 0 Å². The molecule has 33 heavy (non-hydrogen) atoms. The van der Waals surface area contributed by atoms with Crippen molar-refractivity contribution in [1.82, 2.24) is 0 Å². The van der Waals surface area contributed by atoms with Crippen LogP contribution in [-0.4, -0.2) is 12.6 Å². The van der Waals surface area contributed by atoms with Crippen molar-refractivity contribution in [2.45, 2.75) is 174 Å². The molecule has 0 bridgehead atoms. The molecule has 0 N–H and O–H groups in total. The van der Waals surface area contributed by atoms with E-state index in [-0.39, 0.29) is 5.97 Å². The number of hydrogen-bond acceptors (Lipinski definition) is 2. The van der Waals surface area contributed by atoms with Crippen molar-refractivity contribution in [3.05, 3.63) is 12.2 Å². The SMILES string of the molecule is CCCCCCCC/C=C/CCCCCCCC(=O)OCCCCCCCCCCCCC. The molecule has 0 rings (SSSR count). The van der Waals surface area contributed by atoms with E-state index in [4.69, 9.17) is 4.74 Å². The van der Waals surface area contributed by atoms with Gasteiger partial charge in [-0.2, -0.15) is 0 Å². The molecule has 0 aliphatic rings. The highest BCUT2D eigenvalue weighted by Crippen LogP contribution is 2.12. The third-order valence-corrected chi connectivity index (χ3v) is 6.65. The van der Waals surface area contributed by atoms with Crippen molar-refractivity contribution in [3.8, 4) is 0 Å². The van der Waals surface area contributed by atoms with E-state index in [1.807, 2.05) is 0 Å². The molecular weight excluding hydrogens is 404 g/mol. The highest BCUT2D eigenvalue weighted by molar-refractivity contribution is 5.69. The van der Waals surface area contributed by atoms with Gasteiger partial charge in [-0.3, -0.25) is 4.79 Å². The maximum atomic E-state index is 11.8. The number of hydrogen-bond donors (Lipinski definition) is 0. The quantitative estimate of drug-likeness (QED) is 0.0686. The van der Waals surface area contributed by atoms with Crippen molar-refractivity contribution in [1.29, 1.82) is 0 Å². The Hall–Kier alpha value is -0.790. The summed E-state index contributed by atoms with van der Waals surface area (Å²) < 4.78 is 5.40. The van der Waals surface area contributed by atoms with Crippen LogP contribution in [0.25, 0.3) is 0 Å². The van der Waals surface area contributed by atoms with Crippen LogP contribution in [0.3, 0.4) is 0 Å². The molecule has 2 nitrogen and oxygen atoms in total. The van der Waals surface area contributed by atoms with Crippen molar-refractivity contribution in [2.75, 3.05) is 6.61 Å². The molecule has 196 valence electrons. The third kappa shape index (κ3) is 29.2. The first-order chi connectivity index (χ1) is 16.3. The van der Waals surface area contributed by atoms with E-state index >= 15 is 0 Å². The lowest BCUT2D eigenvalue weighted by Gasteiger charge is -2.05. The zero-order chi connectivity index (χ0) is 24.1. The lowest BCUT2D eigenvalue weighted by Crippen LogP contribution is -2.05. The molecule has 0 atom stereocenters. The van der Waals surface area contributed by atoms with Gasteiger partial charge in [0.1, 0.15) is 0 Å². The van der Waals surface area contributed by atoms with E-state index in [0.717, 1.165) is 19.3 Å². The fourth-order valence-corrected chi connectivity index (χ4v) is 4.36. The molecule has 2 heteroatoms. The molecular formula is C31H60O2. The summed E-state index contributed by atoms with van der Waals surface area (Å²) in [4.78, 5) is 11.8. The highest BCUT2D eigenvalue weighted by Gasteiger charge is 2.02. The molecule has 0 heterocycles. The summed E-state index contributed by atoms with van der Waals surface area (Å²) in [6.07, 6.45) is 36.8. The van der Waals surface area contributed by atoms with Crippen molar-refractivity contribution < 1.29 is 9.53 Å². The molecule has 0 amide bonds. The van der Waals surface area contributed by atoms with E-state index < -0.39 is 0 Å². The van der Waals surface area contributed by atoms with Gasteiger partial charge < -0.3 is 4.74 Å². The lowest BCUT2D eigenvalue weighted by atomic mass is 10.1. The first-order valence-corrected chi connectivity index (χ1v) is 15.1. The molecule has 0 saturated carbocycles. The molecule has 0 fully saturated rings. The molecule has 0 aromatic carbocycles. The predicted octanol–water partition coefficient (Wildman–Crippen LogP) is 10.9. The maximum Gasteiger partial charge on any atom is 0.305 e. The number of allylic oxidation sites excluding steroid dienone is 2. The second-order valence-electron chi connectivity index (χ2n) is 10.1. The van der Waals surface area contributed by atoms with Crippen LogP contribution in [0.15, 0.2) is 12.2 Å². The highest BCUT2D eigenvalue weighted by atomic mass is 16.5. The standard InChI is InChI=1S/C31H60O2/c1-3-5-7-9-11-13-15-16-17-18-19-21-23-25-27-29-31(32)33-30-28-26-24-22-20-14-12-10-8-6-4-2/h16-17H,3-15,18-30H2,1-2H3/b17-16+. The maximum absolute atomic E-state index is 11.8. The number of carbonyl (C=O) groups is 1. The van der Waals surface area contributed by atoms with Crippen LogP contribution in [0.2, 0.25) is 0 Å². The average molecular weight is 465 g/mol. The Morgan fingerprint density at radius 3 is 1.30 bits per heavy atom. The summed E-state index contributed by atoms with van der Waals surface area (Å²) in [7, 11) is 0. The number of ether oxygens (including phenoxy) is 1. The van der Waals surface area contributed by atoms with Gasteiger partial charge in [0.15, 0.2) is 0 Å². The first-order valence-electron chi connectivity index (χ1n) is 15.1. The lowest BCUT2D eigenvalue weighted by molar-refractivity contribution is -0.143. The van der Waals surface area contributed by atoms with E-state index in [2.05, 4.69) is 26.0 Å². The van der Waals surface area contributed by atoms with Crippen LogP contribution in [0.4, 0.5) is 0 Å². The Morgan fingerprint density at radius 1 is 0.485 bits per heavy atom. The van der Waals surface area contributed by atoms with E-state index in [9.17, 15) is 4.79 Å². The molecule has 0 aromatic rings. The van der Waals surface area contributed by atoms with E-state index in [1.165, 1.54) is 135 Å². The van der Waals surface area contributed by atoms with Gasteiger partial charge in [0.2, 0.25) is 0 Å². The molecule has 0 radical (unpaired) electrons. The largest absolute Gasteiger partial charge is 0.466 e. The zero-order valence-electron chi connectivity index (χ0n) is 22.9. The van der Waals surface area contributed by atoms with Crippen LogP contribution in [0.1, 0.15) is 174 Å². The number of unbranched alkanes of at least 4 members (excludes halogenated alkanes) is 21. The number of carbonyl (C=O) groups excluding carboxylic acids is 1. The van der Waals surface area contributed by atoms with Crippen LogP contribution < -0.4 is 0 Å². The van der Waals surface area contributed by atoms with Gasteiger partial charge in [0.25, 0.3) is 0 Å². The third-order valence-electron chi connectivity index (χ3n) is 6.65. The zero-order valence-corrected chi connectivity index (χ0v) is 22.9. The van der Waals surface area contributed by atoms with E-state index in [0.29, 0.717) is 13.0 Å². The fourth-order valence-electron chi connectivity index (χ4n) is 4.36. The number of esters is 1. The van der Waals surface area contributed by atoms with E-state index in [1.54, 1.807) is 0 Å². The van der Waals surface area contributed by atoms with Gasteiger partial charge in [-0.1, -0.05) is 142 Å². The van der Waals surface area contributed by atoms with Crippen LogP contribution in [-0.2, 0) is 9.53 Å². The van der Waals surface area contributed by atoms with Gasteiger partial charge in [0.05, 0.1) is 6.61 Å². The van der Waals surface area contributed by atoms with Crippen molar-refractivity contribution in [3.63, 3.8) is 0 Å². The Kier molecular flexibility index (Phi) is 28.5. The molecule has 0 aromatic heterocycles.